The standard InChI is InChI=1S/C13H10F4N2/c1-8-2-12(19-7-18-8)5-9-3-10(13(15,16)17)6-11(14)4-9/h2-4,6-7H,5H2,1H3. The summed E-state index contributed by atoms with van der Waals surface area (Å²) >= 11 is 0. The predicted octanol–water partition coefficient (Wildman–Crippen LogP) is 3.53. The van der Waals surface area contributed by atoms with Gasteiger partial charge in [-0.15, -0.1) is 0 Å². The highest BCUT2D eigenvalue weighted by atomic mass is 19.4. The highest BCUT2D eigenvalue weighted by Crippen LogP contribution is 2.30. The molecule has 0 N–H and O–H groups in total. The van der Waals surface area contributed by atoms with Gasteiger partial charge in [0.1, 0.15) is 12.1 Å². The Labute approximate surface area is 107 Å². The van der Waals surface area contributed by atoms with Gasteiger partial charge in [-0.25, -0.2) is 14.4 Å². The first-order valence-corrected chi connectivity index (χ1v) is 5.49. The molecule has 0 saturated carbocycles. The van der Waals surface area contributed by atoms with Crippen LogP contribution < -0.4 is 0 Å². The van der Waals surface area contributed by atoms with E-state index in [4.69, 9.17) is 0 Å². The molecule has 1 heterocycles. The zero-order valence-corrected chi connectivity index (χ0v) is 10.0. The summed E-state index contributed by atoms with van der Waals surface area (Å²) in [4.78, 5) is 7.83. The van der Waals surface area contributed by atoms with Gasteiger partial charge in [0.05, 0.1) is 5.56 Å². The Morgan fingerprint density at radius 1 is 1.05 bits per heavy atom. The molecule has 19 heavy (non-hydrogen) atoms. The van der Waals surface area contributed by atoms with Crippen molar-refractivity contribution in [2.75, 3.05) is 0 Å². The van der Waals surface area contributed by atoms with E-state index in [0.717, 1.165) is 12.1 Å². The molecular formula is C13H10F4N2. The van der Waals surface area contributed by atoms with Crippen molar-refractivity contribution in [1.29, 1.82) is 0 Å². The quantitative estimate of drug-likeness (QED) is 0.780. The summed E-state index contributed by atoms with van der Waals surface area (Å²) < 4.78 is 50.9. The molecule has 0 unspecified atom stereocenters. The molecule has 0 aliphatic heterocycles. The lowest BCUT2D eigenvalue weighted by Gasteiger charge is -2.09. The van der Waals surface area contributed by atoms with Crippen molar-refractivity contribution in [3.8, 4) is 0 Å². The van der Waals surface area contributed by atoms with Crippen LogP contribution in [0.1, 0.15) is 22.5 Å². The monoisotopic (exact) mass is 270 g/mol. The minimum absolute atomic E-state index is 0.129. The van der Waals surface area contributed by atoms with Crippen LogP contribution in [0.15, 0.2) is 30.6 Å². The second-order valence-corrected chi connectivity index (χ2v) is 4.17. The van der Waals surface area contributed by atoms with E-state index in [1.165, 1.54) is 6.33 Å². The zero-order valence-electron chi connectivity index (χ0n) is 10.0. The molecule has 2 rings (SSSR count). The molecule has 6 heteroatoms. The Bertz CT molecular complexity index is 593. The number of benzene rings is 1. The molecule has 1 aromatic carbocycles. The highest BCUT2D eigenvalue weighted by Gasteiger charge is 2.31. The zero-order chi connectivity index (χ0) is 14.0. The Morgan fingerprint density at radius 3 is 2.42 bits per heavy atom. The van der Waals surface area contributed by atoms with Crippen molar-refractivity contribution < 1.29 is 17.6 Å². The lowest BCUT2D eigenvalue weighted by atomic mass is 10.1. The Balaban J connectivity index is 2.33. The maximum atomic E-state index is 13.2. The number of aromatic nitrogens is 2. The van der Waals surface area contributed by atoms with Gasteiger partial charge in [0.2, 0.25) is 0 Å². The van der Waals surface area contributed by atoms with Crippen molar-refractivity contribution in [2.24, 2.45) is 0 Å². The molecule has 0 saturated heterocycles. The Kier molecular flexibility index (Phi) is 3.50. The van der Waals surface area contributed by atoms with Crippen LogP contribution in [0.3, 0.4) is 0 Å². The molecule has 0 atom stereocenters. The number of rotatable bonds is 2. The van der Waals surface area contributed by atoms with Crippen LogP contribution in [0.25, 0.3) is 0 Å². The van der Waals surface area contributed by atoms with Gasteiger partial charge in [-0.2, -0.15) is 13.2 Å². The minimum Gasteiger partial charge on any atom is -0.242 e. The molecule has 100 valence electrons. The van der Waals surface area contributed by atoms with Gasteiger partial charge >= 0.3 is 6.18 Å². The van der Waals surface area contributed by atoms with E-state index < -0.39 is 17.6 Å². The summed E-state index contributed by atoms with van der Waals surface area (Å²) in [7, 11) is 0. The van der Waals surface area contributed by atoms with Crippen molar-refractivity contribution in [3.05, 3.63) is 58.9 Å². The van der Waals surface area contributed by atoms with Crippen LogP contribution in [-0.2, 0) is 12.6 Å². The second-order valence-electron chi connectivity index (χ2n) is 4.17. The van der Waals surface area contributed by atoms with E-state index in [9.17, 15) is 17.6 Å². The van der Waals surface area contributed by atoms with Crippen molar-refractivity contribution in [3.63, 3.8) is 0 Å². The normalized spacial score (nSPS) is 11.6. The van der Waals surface area contributed by atoms with E-state index in [1.54, 1.807) is 13.0 Å². The van der Waals surface area contributed by atoms with Gasteiger partial charge in [-0.3, -0.25) is 0 Å². The summed E-state index contributed by atoms with van der Waals surface area (Å²) in [6.07, 6.45) is -3.10. The number of alkyl halides is 3. The lowest BCUT2D eigenvalue weighted by Crippen LogP contribution is -2.07. The van der Waals surface area contributed by atoms with E-state index in [1.807, 2.05) is 0 Å². The molecule has 0 fully saturated rings. The SMILES string of the molecule is Cc1cc(Cc2cc(F)cc(C(F)(F)F)c2)ncn1. The van der Waals surface area contributed by atoms with Gasteiger partial charge in [-0.05, 0) is 36.8 Å². The molecule has 0 aliphatic rings. The number of aryl methyl sites for hydroxylation is 1. The third-order valence-corrected chi connectivity index (χ3v) is 2.53. The summed E-state index contributed by atoms with van der Waals surface area (Å²) in [6.45, 7) is 1.75. The summed E-state index contributed by atoms with van der Waals surface area (Å²) in [5, 5.41) is 0. The number of hydrogen-bond donors (Lipinski definition) is 0. The largest absolute Gasteiger partial charge is 0.416 e. The maximum absolute atomic E-state index is 13.2. The molecule has 1 aromatic heterocycles. The molecule has 2 aromatic rings. The fourth-order valence-corrected chi connectivity index (χ4v) is 1.73. The average Bonchev–Trinajstić information content (AvgIpc) is 2.26. The average molecular weight is 270 g/mol. The third kappa shape index (κ3) is 3.49. The Hall–Kier alpha value is -1.98. The number of hydrogen-bond acceptors (Lipinski definition) is 2. The molecule has 0 amide bonds. The summed E-state index contributed by atoms with van der Waals surface area (Å²) in [6, 6.07) is 4.14. The van der Waals surface area contributed by atoms with Crippen LogP contribution in [0.5, 0.6) is 0 Å². The number of nitrogens with zero attached hydrogens (tertiary/aromatic N) is 2. The van der Waals surface area contributed by atoms with Crippen LogP contribution in [0, 0.1) is 12.7 Å². The van der Waals surface area contributed by atoms with Gasteiger partial charge in [-0.1, -0.05) is 0 Å². The predicted molar refractivity (Wildman–Crippen MR) is 61.0 cm³/mol. The maximum Gasteiger partial charge on any atom is 0.416 e. The third-order valence-electron chi connectivity index (χ3n) is 2.53. The summed E-state index contributed by atoms with van der Waals surface area (Å²) in [5.41, 5.74) is 0.488. The minimum atomic E-state index is -4.56. The molecular weight excluding hydrogens is 260 g/mol. The molecule has 0 radical (unpaired) electrons. The van der Waals surface area contributed by atoms with Crippen LogP contribution in [0.4, 0.5) is 17.6 Å². The van der Waals surface area contributed by atoms with E-state index in [0.29, 0.717) is 17.5 Å². The first kappa shape index (κ1) is 13.5. The molecule has 0 aliphatic carbocycles. The fourth-order valence-electron chi connectivity index (χ4n) is 1.73. The van der Waals surface area contributed by atoms with Gasteiger partial charge in [0.15, 0.2) is 0 Å². The smallest absolute Gasteiger partial charge is 0.242 e. The molecule has 0 bridgehead atoms. The Morgan fingerprint density at radius 2 is 1.79 bits per heavy atom. The van der Waals surface area contributed by atoms with E-state index in [2.05, 4.69) is 9.97 Å². The van der Waals surface area contributed by atoms with Crippen LogP contribution >= 0.6 is 0 Å². The van der Waals surface area contributed by atoms with Crippen molar-refractivity contribution in [1.82, 2.24) is 9.97 Å². The van der Waals surface area contributed by atoms with Gasteiger partial charge < -0.3 is 0 Å². The molecule has 0 spiro atoms. The fraction of sp³-hybridized carbons (Fsp3) is 0.231. The van der Waals surface area contributed by atoms with Gasteiger partial charge in [0, 0.05) is 17.8 Å². The topological polar surface area (TPSA) is 25.8 Å². The van der Waals surface area contributed by atoms with Crippen LogP contribution in [0.2, 0.25) is 0 Å². The first-order valence-electron chi connectivity index (χ1n) is 5.49. The highest BCUT2D eigenvalue weighted by molar-refractivity contribution is 5.29. The lowest BCUT2D eigenvalue weighted by molar-refractivity contribution is -0.137. The van der Waals surface area contributed by atoms with Crippen molar-refractivity contribution in [2.45, 2.75) is 19.5 Å². The van der Waals surface area contributed by atoms with Gasteiger partial charge in [0.25, 0.3) is 0 Å². The van der Waals surface area contributed by atoms with E-state index >= 15 is 0 Å². The van der Waals surface area contributed by atoms with Crippen molar-refractivity contribution >= 4 is 0 Å². The first-order chi connectivity index (χ1) is 8.84. The van der Waals surface area contributed by atoms with Crippen LogP contribution in [-0.4, -0.2) is 9.97 Å². The van der Waals surface area contributed by atoms with E-state index in [-0.39, 0.29) is 12.0 Å². The molecule has 2 nitrogen and oxygen atoms in total. The second kappa shape index (κ2) is 4.95. The number of halogens is 4. The summed E-state index contributed by atoms with van der Waals surface area (Å²) in [5.74, 6) is -0.907.